The van der Waals surface area contributed by atoms with Crippen LogP contribution in [0.2, 0.25) is 0 Å². The van der Waals surface area contributed by atoms with Gasteiger partial charge in [0.15, 0.2) is 6.61 Å². The molecule has 0 bridgehead atoms. The normalized spacial score (nSPS) is 13.3. The fourth-order valence-electron chi connectivity index (χ4n) is 3.70. The van der Waals surface area contributed by atoms with Gasteiger partial charge in [0.2, 0.25) is 0 Å². The molecule has 0 unspecified atom stereocenters. The van der Waals surface area contributed by atoms with Crippen LogP contribution < -0.4 is 10.2 Å². The molecule has 0 aliphatic carbocycles. The number of aryl methyl sites for hydroxylation is 1. The first-order valence-corrected chi connectivity index (χ1v) is 12.0. The summed E-state index contributed by atoms with van der Waals surface area (Å²) in [6.45, 7) is 4.08. The Morgan fingerprint density at radius 1 is 1.03 bits per heavy atom. The van der Waals surface area contributed by atoms with Gasteiger partial charge < -0.3 is 24.4 Å². The average molecular weight is 495 g/mol. The van der Waals surface area contributed by atoms with Crippen LogP contribution in [0.5, 0.6) is 0 Å². The molecule has 2 aromatic carbocycles. The summed E-state index contributed by atoms with van der Waals surface area (Å²) < 4.78 is 15.5. The number of carbonyl (C=O) groups is 3. The topological polar surface area (TPSA) is 94.2 Å². The number of morpholine rings is 1. The first-order chi connectivity index (χ1) is 17.0. The van der Waals surface area contributed by atoms with Gasteiger partial charge in [-0.2, -0.15) is 0 Å². The van der Waals surface area contributed by atoms with E-state index in [-0.39, 0.29) is 0 Å². The average Bonchev–Trinajstić information content (AvgIpc) is 3.35. The molecule has 1 aromatic heterocycles. The molecule has 2 heterocycles. The van der Waals surface area contributed by atoms with Crippen LogP contribution in [0, 0.1) is 6.92 Å². The Kier molecular flexibility index (Phi) is 7.79. The minimum Gasteiger partial charge on any atom is -0.465 e. The lowest BCUT2D eigenvalue weighted by molar-refractivity contribution is -0.119. The zero-order valence-electron chi connectivity index (χ0n) is 19.5. The molecule has 1 aliphatic rings. The molecule has 3 aromatic rings. The highest BCUT2D eigenvalue weighted by Crippen LogP contribution is 2.39. The van der Waals surface area contributed by atoms with E-state index in [9.17, 15) is 14.4 Å². The van der Waals surface area contributed by atoms with E-state index >= 15 is 0 Å². The Balaban J connectivity index is 1.46. The maximum absolute atomic E-state index is 12.8. The number of nitrogens with zero attached hydrogens (tertiary/aromatic N) is 1. The molecule has 0 radical (unpaired) electrons. The zero-order chi connectivity index (χ0) is 24.8. The van der Waals surface area contributed by atoms with Crippen molar-refractivity contribution in [2.75, 3.05) is 50.2 Å². The number of anilines is 2. The van der Waals surface area contributed by atoms with Crippen molar-refractivity contribution in [3.8, 4) is 11.1 Å². The van der Waals surface area contributed by atoms with Crippen molar-refractivity contribution >= 4 is 39.9 Å². The molecular formula is C26H26N2O6S. The minimum atomic E-state index is -0.568. The van der Waals surface area contributed by atoms with Crippen LogP contribution in [-0.4, -0.2) is 57.9 Å². The van der Waals surface area contributed by atoms with Gasteiger partial charge in [-0.25, -0.2) is 9.59 Å². The van der Waals surface area contributed by atoms with E-state index in [0.29, 0.717) is 29.3 Å². The Hall–Kier alpha value is -3.69. The summed E-state index contributed by atoms with van der Waals surface area (Å²) >= 11 is 1.35. The molecule has 0 saturated carbocycles. The van der Waals surface area contributed by atoms with Crippen molar-refractivity contribution in [2.24, 2.45) is 0 Å². The van der Waals surface area contributed by atoms with Crippen LogP contribution in [0.3, 0.4) is 0 Å². The van der Waals surface area contributed by atoms with Crippen LogP contribution in [0.15, 0.2) is 54.6 Å². The van der Waals surface area contributed by atoms with Gasteiger partial charge in [0.05, 0.1) is 30.9 Å². The number of amides is 1. The smallest absolute Gasteiger partial charge is 0.348 e. The van der Waals surface area contributed by atoms with Crippen molar-refractivity contribution in [1.82, 2.24) is 0 Å². The van der Waals surface area contributed by atoms with E-state index < -0.39 is 24.5 Å². The number of nitrogens with one attached hydrogen (secondary N) is 1. The number of esters is 2. The SMILES string of the molecule is COC(=O)c1ccc(C)c(NC(=O)COC(=O)c2cc(-c3ccccc3)c(N3CCOCC3)s2)c1. The van der Waals surface area contributed by atoms with E-state index in [1.165, 1.54) is 24.5 Å². The monoisotopic (exact) mass is 494 g/mol. The molecule has 4 rings (SSSR count). The Bertz CT molecular complexity index is 1220. The molecule has 0 atom stereocenters. The Morgan fingerprint density at radius 2 is 1.77 bits per heavy atom. The van der Waals surface area contributed by atoms with Gasteiger partial charge in [0.1, 0.15) is 4.88 Å². The highest BCUT2D eigenvalue weighted by atomic mass is 32.1. The Morgan fingerprint density at radius 3 is 2.49 bits per heavy atom. The van der Waals surface area contributed by atoms with Crippen molar-refractivity contribution in [3.05, 3.63) is 70.6 Å². The fourth-order valence-corrected chi connectivity index (χ4v) is 4.82. The van der Waals surface area contributed by atoms with E-state index in [0.717, 1.165) is 34.8 Å². The predicted molar refractivity (Wildman–Crippen MR) is 134 cm³/mol. The summed E-state index contributed by atoms with van der Waals surface area (Å²) in [4.78, 5) is 39.7. The highest BCUT2D eigenvalue weighted by Gasteiger charge is 2.23. The number of rotatable bonds is 7. The lowest BCUT2D eigenvalue weighted by Crippen LogP contribution is -2.35. The number of ether oxygens (including phenoxy) is 3. The lowest BCUT2D eigenvalue weighted by Gasteiger charge is -2.28. The molecule has 1 fully saturated rings. The number of benzene rings is 2. The van der Waals surface area contributed by atoms with Crippen LogP contribution in [0.1, 0.15) is 25.6 Å². The number of hydrogen-bond donors (Lipinski definition) is 1. The van der Waals surface area contributed by atoms with E-state index in [1.54, 1.807) is 19.1 Å². The summed E-state index contributed by atoms with van der Waals surface area (Å²) in [5, 5.41) is 3.67. The largest absolute Gasteiger partial charge is 0.465 e. The number of thiophene rings is 1. The van der Waals surface area contributed by atoms with Crippen LogP contribution >= 0.6 is 11.3 Å². The van der Waals surface area contributed by atoms with Crippen molar-refractivity contribution in [3.63, 3.8) is 0 Å². The van der Waals surface area contributed by atoms with Crippen molar-refractivity contribution in [2.45, 2.75) is 6.92 Å². The first kappa shape index (κ1) is 24.4. The van der Waals surface area contributed by atoms with E-state index in [1.807, 2.05) is 36.4 Å². The quantitative estimate of drug-likeness (QED) is 0.493. The zero-order valence-corrected chi connectivity index (χ0v) is 20.4. The maximum Gasteiger partial charge on any atom is 0.348 e. The third-order valence-corrected chi connectivity index (χ3v) is 6.74. The molecule has 1 aliphatic heterocycles. The predicted octanol–water partition coefficient (Wildman–Crippen LogP) is 4.14. The molecule has 182 valence electrons. The van der Waals surface area contributed by atoms with Gasteiger partial charge in [-0.05, 0) is 36.2 Å². The number of carbonyl (C=O) groups excluding carboxylic acids is 3. The molecule has 0 spiro atoms. The third kappa shape index (κ3) is 5.87. The lowest BCUT2D eigenvalue weighted by atomic mass is 10.1. The van der Waals surface area contributed by atoms with Crippen LogP contribution in [-0.2, 0) is 19.0 Å². The third-order valence-electron chi connectivity index (χ3n) is 5.56. The van der Waals surface area contributed by atoms with E-state index in [2.05, 4.69) is 10.2 Å². The molecule has 35 heavy (non-hydrogen) atoms. The summed E-state index contributed by atoms with van der Waals surface area (Å²) in [6.07, 6.45) is 0. The molecule has 1 N–H and O–H groups in total. The van der Waals surface area contributed by atoms with Gasteiger partial charge >= 0.3 is 11.9 Å². The number of methoxy groups -OCH3 is 1. The van der Waals surface area contributed by atoms with Gasteiger partial charge in [0.25, 0.3) is 5.91 Å². The van der Waals surface area contributed by atoms with Crippen LogP contribution in [0.4, 0.5) is 10.7 Å². The summed E-state index contributed by atoms with van der Waals surface area (Å²) in [7, 11) is 1.29. The highest BCUT2D eigenvalue weighted by molar-refractivity contribution is 7.18. The van der Waals surface area contributed by atoms with Gasteiger partial charge in [-0.1, -0.05) is 36.4 Å². The van der Waals surface area contributed by atoms with Gasteiger partial charge in [0, 0.05) is 24.3 Å². The van der Waals surface area contributed by atoms with Crippen LogP contribution in [0.25, 0.3) is 11.1 Å². The van der Waals surface area contributed by atoms with Crippen molar-refractivity contribution < 1.29 is 28.6 Å². The number of hydrogen-bond acceptors (Lipinski definition) is 8. The Labute approximate surface area is 207 Å². The second-order valence-corrected chi connectivity index (χ2v) is 8.97. The summed E-state index contributed by atoms with van der Waals surface area (Å²) in [5.74, 6) is -1.58. The molecule has 1 saturated heterocycles. The second-order valence-electron chi connectivity index (χ2n) is 7.94. The van der Waals surface area contributed by atoms with E-state index in [4.69, 9.17) is 14.2 Å². The standard InChI is InChI=1S/C26H26N2O6S/c1-17-8-9-19(25(30)32-2)14-21(17)27-23(29)16-34-26(31)22-15-20(18-6-4-3-5-7-18)24(35-22)28-10-12-33-13-11-28/h3-9,14-15H,10-13,16H2,1-2H3,(H,27,29). The fraction of sp³-hybridized carbons (Fsp3) is 0.269. The van der Waals surface area contributed by atoms with Crippen molar-refractivity contribution in [1.29, 1.82) is 0 Å². The first-order valence-electron chi connectivity index (χ1n) is 11.1. The second kappa shape index (κ2) is 11.2. The summed E-state index contributed by atoms with van der Waals surface area (Å²) in [5.41, 5.74) is 3.48. The molecule has 9 heteroatoms. The molecule has 8 nitrogen and oxygen atoms in total. The molecular weight excluding hydrogens is 468 g/mol. The van der Waals surface area contributed by atoms with Gasteiger partial charge in [-0.15, -0.1) is 11.3 Å². The molecule has 1 amide bonds. The maximum atomic E-state index is 12.8. The minimum absolute atomic E-state index is 0.313. The summed E-state index contributed by atoms with van der Waals surface area (Å²) in [6, 6.07) is 16.5. The van der Waals surface area contributed by atoms with Gasteiger partial charge in [-0.3, -0.25) is 4.79 Å².